The number of aromatic nitrogens is 3. The second kappa shape index (κ2) is 10.3. The fraction of sp³-hybridized carbons (Fsp3) is 0.200. The molecule has 0 saturated heterocycles. The van der Waals surface area contributed by atoms with Crippen molar-refractivity contribution in [1.82, 2.24) is 20.5 Å². The Morgan fingerprint density at radius 3 is 2.50 bits per heavy atom. The van der Waals surface area contributed by atoms with Gasteiger partial charge in [-0.25, -0.2) is 9.78 Å². The Bertz CT molecular complexity index is 981. The minimum Gasteiger partial charge on any atom is -0.495 e. The molecule has 0 bridgehead atoms. The lowest BCUT2D eigenvalue weighted by Gasteiger charge is -2.12. The third-order valence-corrected chi connectivity index (χ3v) is 4.19. The number of benzene rings is 1. The van der Waals surface area contributed by atoms with Gasteiger partial charge in [0.25, 0.3) is 0 Å². The first kappa shape index (κ1) is 21.1. The molecular formula is C20H22ClN7O2. The summed E-state index contributed by atoms with van der Waals surface area (Å²) >= 11 is 5.96. The Labute approximate surface area is 179 Å². The number of ether oxygens (including phenoxy) is 1. The highest BCUT2D eigenvalue weighted by atomic mass is 35.5. The third-order valence-electron chi connectivity index (χ3n) is 3.96. The maximum atomic E-state index is 12.1. The van der Waals surface area contributed by atoms with E-state index in [0.29, 0.717) is 47.0 Å². The number of amides is 2. The maximum absolute atomic E-state index is 12.1. The van der Waals surface area contributed by atoms with Crippen LogP contribution in [0.4, 0.5) is 27.9 Å². The van der Waals surface area contributed by atoms with Crippen LogP contribution in [0.15, 0.2) is 48.7 Å². The lowest BCUT2D eigenvalue weighted by atomic mass is 10.3. The zero-order valence-electron chi connectivity index (χ0n) is 16.6. The molecule has 0 atom stereocenters. The number of carbonyl (C=O) groups is 1. The first-order valence-electron chi connectivity index (χ1n) is 9.19. The number of anilines is 4. The van der Waals surface area contributed by atoms with Crippen LogP contribution >= 0.6 is 11.6 Å². The molecule has 0 aliphatic heterocycles. The summed E-state index contributed by atoms with van der Waals surface area (Å²) in [7, 11) is 1.52. The number of aryl methyl sites for hydroxylation is 1. The first-order valence-corrected chi connectivity index (χ1v) is 9.57. The lowest BCUT2D eigenvalue weighted by Crippen LogP contribution is -2.32. The van der Waals surface area contributed by atoms with Gasteiger partial charge in [0.2, 0.25) is 0 Å². The van der Waals surface area contributed by atoms with E-state index in [1.165, 1.54) is 7.11 Å². The number of halogens is 1. The van der Waals surface area contributed by atoms with Crippen LogP contribution in [0.25, 0.3) is 0 Å². The number of carbonyl (C=O) groups excluding carboxylic acids is 1. The number of nitrogens with one attached hydrogen (secondary N) is 4. The fourth-order valence-corrected chi connectivity index (χ4v) is 2.65. The van der Waals surface area contributed by atoms with Gasteiger partial charge in [-0.05, 0) is 48.9 Å². The van der Waals surface area contributed by atoms with Gasteiger partial charge in [-0.15, -0.1) is 10.2 Å². The molecule has 2 heterocycles. The van der Waals surface area contributed by atoms with Crippen molar-refractivity contribution in [3.63, 3.8) is 0 Å². The van der Waals surface area contributed by atoms with Crippen LogP contribution in [-0.2, 0) is 0 Å². The van der Waals surface area contributed by atoms with Crippen molar-refractivity contribution in [3.05, 3.63) is 59.2 Å². The van der Waals surface area contributed by atoms with E-state index in [2.05, 4.69) is 36.4 Å². The number of methoxy groups -OCH3 is 1. The molecule has 0 aliphatic carbocycles. The van der Waals surface area contributed by atoms with Gasteiger partial charge < -0.3 is 26.0 Å². The third kappa shape index (κ3) is 6.21. The van der Waals surface area contributed by atoms with Gasteiger partial charge in [0.1, 0.15) is 17.4 Å². The second-order valence-electron chi connectivity index (χ2n) is 6.30. The van der Waals surface area contributed by atoms with Crippen molar-refractivity contribution in [2.24, 2.45) is 0 Å². The molecule has 10 heteroatoms. The van der Waals surface area contributed by atoms with Crippen molar-refractivity contribution < 1.29 is 9.53 Å². The lowest BCUT2D eigenvalue weighted by molar-refractivity contribution is 0.252. The van der Waals surface area contributed by atoms with Crippen molar-refractivity contribution >= 4 is 40.8 Å². The van der Waals surface area contributed by atoms with Gasteiger partial charge >= 0.3 is 6.03 Å². The minimum atomic E-state index is -0.367. The second-order valence-corrected chi connectivity index (χ2v) is 6.74. The smallest absolute Gasteiger partial charge is 0.319 e. The highest BCUT2D eigenvalue weighted by Gasteiger charge is 2.08. The molecule has 0 saturated carbocycles. The first-order chi connectivity index (χ1) is 14.5. The van der Waals surface area contributed by atoms with Crippen LogP contribution in [0.3, 0.4) is 0 Å². The van der Waals surface area contributed by atoms with Gasteiger partial charge in [-0.1, -0.05) is 17.7 Å². The normalized spacial score (nSPS) is 10.2. The molecule has 2 amide bonds. The van der Waals surface area contributed by atoms with Crippen molar-refractivity contribution in [2.75, 3.05) is 36.1 Å². The Morgan fingerprint density at radius 2 is 1.80 bits per heavy atom. The molecule has 0 aliphatic rings. The molecule has 30 heavy (non-hydrogen) atoms. The zero-order chi connectivity index (χ0) is 21.3. The van der Waals surface area contributed by atoms with Crippen molar-refractivity contribution in [2.45, 2.75) is 6.92 Å². The predicted octanol–water partition coefficient (Wildman–Crippen LogP) is 3.82. The van der Waals surface area contributed by atoms with Crippen LogP contribution in [0.2, 0.25) is 5.02 Å². The predicted molar refractivity (Wildman–Crippen MR) is 118 cm³/mol. The van der Waals surface area contributed by atoms with Crippen molar-refractivity contribution in [1.29, 1.82) is 0 Å². The summed E-state index contributed by atoms with van der Waals surface area (Å²) < 4.78 is 5.20. The Hall–Kier alpha value is -3.59. The van der Waals surface area contributed by atoms with Crippen LogP contribution < -0.4 is 26.0 Å². The molecule has 1 aromatic carbocycles. The molecule has 9 nitrogen and oxygen atoms in total. The topological polar surface area (TPSA) is 113 Å². The van der Waals surface area contributed by atoms with E-state index in [1.54, 1.807) is 36.5 Å². The maximum Gasteiger partial charge on any atom is 0.319 e. The zero-order valence-corrected chi connectivity index (χ0v) is 17.3. The monoisotopic (exact) mass is 427 g/mol. The van der Waals surface area contributed by atoms with E-state index < -0.39 is 0 Å². The molecule has 3 rings (SSSR count). The summed E-state index contributed by atoms with van der Waals surface area (Å²) in [6, 6.07) is 12.0. The van der Waals surface area contributed by atoms with Crippen LogP contribution in [0.1, 0.15) is 5.56 Å². The number of hydrogen-bond acceptors (Lipinski definition) is 7. The SMILES string of the molecule is COc1ccc(Cl)cc1NC(=O)NCCNc1ccc(Nc2ccc(C)cn2)nn1. The minimum absolute atomic E-state index is 0.367. The molecule has 3 aromatic rings. The number of rotatable bonds is 8. The highest BCUT2D eigenvalue weighted by molar-refractivity contribution is 6.31. The fourth-order valence-electron chi connectivity index (χ4n) is 2.48. The summed E-state index contributed by atoms with van der Waals surface area (Å²) in [5.74, 6) is 2.40. The van der Waals surface area contributed by atoms with Crippen LogP contribution in [0, 0.1) is 6.92 Å². The average molecular weight is 428 g/mol. The largest absolute Gasteiger partial charge is 0.495 e. The van der Waals surface area contributed by atoms with E-state index in [9.17, 15) is 4.79 Å². The van der Waals surface area contributed by atoms with E-state index in [0.717, 1.165) is 5.56 Å². The molecule has 0 unspecified atom stereocenters. The Balaban J connectivity index is 1.41. The van der Waals surface area contributed by atoms with E-state index in [1.807, 2.05) is 19.1 Å². The summed E-state index contributed by atoms with van der Waals surface area (Å²) in [4.78, 5) is 16.3. The summed E-state index contributed by atoms with van der Waals surface area (Å²) in [6.45, 7) is 2.83. The molecule has 4 N–H and O–H groups in total. The van der Waals surface area contributed by atoms with Gasteiger partial charge in [-0.2, -0.15) is 0 Å². The standard InChI is InChI=1S/C20H22ClN7O2/c1-13-3-6-17(24-12-13)26-19-8-7-18(27-28-19)22-9-10-23-20(29)25-15-11-14(21)4-5-16(15)30-2/h3-8,11-12H,9-10H2,1-2H3,(H,22,27)(H2,23,25,29)(H,24,26,28). The highest BCUT2D eigenvalue weighted by Crippen LogP contribution is 2.27. The Morgan fingerprint density at radius 1 is 1.03 bits per heavy atom. The van der Waals surface area contributed by atoms with Crippen LogP contribution in [-0.4, -0.2) is 41.4 Å². The van der Waals surface area contributed by atoms with E-state index in [4.69, 9.17) is 16.3 Å². The van der Waals surface area contributed by atoms with Gasteiger partial charge in [0.05, 0.1) is 12.8 Å². The van der Waals surface area contributed by atoms with Gasteiger partial charge in [0, 0.05) is 24.3 Å². The number of pyridine rings is 1. The number of hydrogen-bond donors (Lipinski definition) is 4. The van der Waals surface area contributed by atoms with Gasteiger partial charge in [-0.3, -0.25) is 0 Å². The summed E-state index contributed by atoms with van der Waals surface area (Å²) in [6.07, 6.45) is 1.78. The molecular weight excluding hydrogens is 406 g/mol. The van der Waals surface area contributed by atoms with Crippen LogP contribution in [0.5, 0.6) is 5.75 Å². The number of nitrogens with zero attached hydrogens (tertiary/aromatic N) is 3. The van der Waals surface area contributed by atoms with Gasteiger partial charge in [0.15, 0.2) is 5.82 Å². The average Bonchev–Trinajstić information content (AvgIpc) is 2.74. The quantitative estimate of drug-likeness (QED) is 0.404. The van der Waals surface area contributed by atoms with E-state index >= 15 is 0 Å². The van der Waals surface area contributed by atoms with Crippen molar-refractivity contribution in [3.8, 4) is 5.75 Å². The number of urea groups is 1. The molecule has 0 radical (unpaired) electrons. The molecule has 2 aromatic heterocycles. The molecule has 0 spiro atoms. The summed E-state index contributed by atoms with van der Waals surface area (Å²) in [5.41, 5.74) is 1.58. The molecule has 0 fully saturated rings. The van der Waals surface area contributed by atoms with E-state index in [-0.39, 0.29) is 6.03 Å². The molecule has 156 valence electrons. The summed E-state index contributed by atoms with van der Waals surface area (Å²) in [5, 5.41) is 20.3. The Kier molecular flexibility index (Phi) is 7.23.